The molecule has 4 heteroatoms. The maximum atomic E-state index is 5.75. The predicted octanol–water partition coefficient (Wildman–Crippen LogP) is 1.13. The van der Waals surface area contributed by atoms with Gasteiger partial charge in [-0.2, -0.15) is 0 Å². The number of rotatable bonds is 3. The van der Waals surface area contributed by atoms with E-state index in [9.17, 15) is 0 Å². The minimum atomic E-state index is 0.261. The van der Waals surface area contributed by atoms with Crippen molar-refractivity contribution in [1.82, 2.24) is 4.90 Å². The average Bonchev–Trinajstić information content (AvgIpc) is 2.61. The standard InChI is InChI=1S/C12H17N3O/c1-15-11(7-14-12(15)13)10-5-3-4-9(6-10)8-16-2/h3-6,11H,7-8H2,1-2H3,(H2,13,14). The van der Waals surface area contributed by atoms with Gasteiger partial charge in [-0.05, 0) is 11.1 Å². The van der Waals surface area contributed by atoms with Crippen LogP contribution in [0.3, 0.4) is 0 Å². The molecule has 0 saturated heterocycles. The van der Waals surface area contributed by atoms with Gasteiger partial charge in [0, 0.05) is 14.2 Å². The molecule has 1 aliphatic rings. The molecule has 1 atom stereocenters. The Morgan fingerprint density at radius 1 is 1.56 bits per heavy atom. The number of benzene rings is 1. The molecule has 0 spiro atoms. The van der Waals surface area contributed by atoms with E-state index in [-0.39, 0.29) is 6.04 Å². The molecular weight excluding hydrogens is 202 g/mol. The SMILES string of the molecule is COCc1cccc(C2CN=C(N)N2C)c1. The van der Waals surface area contributed by atoms with E-state index in [1.54, 1.807) is 7.11 Å². The number of guanidine groups is 1. The molecule has 0 radical (unpaired) electrons. The Hall–Kier alpha value is -1.55. The van der Waals surface area contributed by atoms with E-state index < -0.39 is 0 Å². The highest BCUT2D eigenvalue weighted by Gasteiger charge is 2.23. The molecule has 4 nitrogen and oxygen atoms in total. The van der Waals surface area contributed by atoms with E-state index in [1.165, 1.54) is 11.1 Å². The zero-order chi connectivity index (χ0) is 11.5. The van der Waals surface area contributed by atoms with Crippen LogP contribution in [0.1, 0.15) is 17.2 Å². The lowest BCUT2D eigenvalue weighted by Gasteiger charge is -2.22. The Balaban J connectivity index is 2.18. The van der Waals surface area contributed by atoms with Crippen LogP contribution in [0.4, 0.5) is 0 Å². The van der Waals surface area contributed by atoms with Gasteiger partial charge in [0.15, 0.2) is 5.96 Å². The van der Waals surface area contributed by atoms with Gasteiger partial charge in [0.05, 0.1) is 19.2 Å². The molecule has 0 fully saturated rings. The fraction of sp³-hybridized carbons (Fsp3) is 0.417. The summed E-state index contributed by atoms with van der Waals surface area (Å²) in [4.78, 5) is 6.25. The maximum absolute atomic E-state index is 5.75. The number of ether oxygens (including phenoxy) is 1. The summed E-state index contributed by atoms with van der Waals surface area (Å²) in [5, 5.41) is 0. The van der Waals surface area contributed by atoms with E-state index in [4.69, 9.17) is 10.5 Å². The van der Waals surface area contributed by atoms with E-state index in [0.717, 1.165) is 6.54 Å². The van der Waals surface area contributed by atoms with Crippen LogP contribution >= 0.6 is 0 Å². The van der Waals surface area contributed by atoms with Crippen molar-refractivity contribution in [2.75, 3.05) is 20.7 Å². The third kappa shape index (κ3) is 2.02. The highest BCUT2D eigenvalue weighted by Crippen LogP contribution is 2.24. The van der Waals surface area contributed by atoms with Gasteiger partial charge < -0.3 is 15.4 Å². The molecule has 1 unspecified atom stereocenters. The minimum absolute atomic E-state index is 0.261. The number of aliphatic imine (C=N–C) groups is 1. The number of hydrogen-bond donors (Lipinski definition) is 1. The molecule has 1 aromatic carbocycles. The molecule has 0 amide bonds. The average molecular weight is 219 g/mol. The van der Waals surface area contributed by atoms with Gasteiger partial charge in [-0.25, -0.2) is 0 Å². The summed E-state index contributed by atoms with van der Waals surface area (Å²) in [5.41, 5.74) is 8.17. The van der Waals surface area contributed by atoms with Crippen molar-refractivity contribution in [2.24, 2.45) is 10.7 Å². The van der Waals surface area contributed by atoms with Crippen LogP contribution in [0.5, 0.6) is 0 Å². The van der Waals surface area contributed by atoms with Crippen LogP contribution in [0.2, 0.25) is 0 Å². The lowest BCUT2D eigenvalue weighted by molar-refractivity contribution is 0.184. The van der Waals surface area contributed by atoms with Crippen LogP contribution in [-0.4, -0.2) is 31.6 Å². The molecule has 1 aromatic rings. The molecule has 16 heavy (non-hydrogen) atoms. The number of nitrogens with two attached hydrogens (primary N) is 1. The second kappa shape index (κ2) is 4.53. The largest absolute Gasteiger partial charge is 0.380 e. The number of nitrogens with zero attached hydrogens (tertiary/aromatic N) is 2. The number of hydrogen-bond acceptors (Lipinski definition) is 4. The molecule has 1 heterocycles. The first kappa shape index (κ1) is 11.0. The quantitative estimate of drug-likeness (QED) is 0.829. The summed E-state index contributed by atoms with van der Waals surface area (Å²) in [6, 6.07) is 8.63. The van der Waals surface area contributed by atoms with Crippen LogP contribution < -0.4 is 5.73 Å². The lowest BCUT2D eigenvalue weighted by atomic mass is 10.0. The Morgan fingerprint density at radius 2 is 2.38 bits per heavy atom. The fourth-order valence-corrected chi connectivity index (χ4v) is 1.96. The first-order chi connectivity index (χ1) is 7.72. The van der Waals surface area contributed by atoms with Gasteiger partial charge in [0.2, 0.25) is 0 Å². The first-order valence-corrected chi connectivity index (χ1v) is 5.33. The summed E-state index contributed by atoms with van der Waals surface area (Å²) in [6.07, 6.45) is 0. The molecule has 2 rings (SSSR count). The summed E-state index contributed by atoms with van der Waals surface area (Å²) >= 11 is 0. The molecule has 0 aliphatic carbocycles. The van der Waals surface area contributed by atoms with Gasteiger partial charge in [-0.15, -0.1) is 0 Å². The smallest absolute Gasteiger partial charge is 0.191 e. The number of methoxy groups -OCH3 is 1. The van der Waals surface area contributed by atoms with E-state index in [0.29, 0.717) is 12.6 Å². The Labute approximate surface area is 95.7 Å². The third-order valence-corrected chi connectivity index (χ3v) is 2.90. The highest BCUT2D eigenvalue weighted by molar-refractivity contribution is 5.80. The summed E-state index contributed by atoms with van der Waals surface area (Å²) < 4.78 is 5.13. The zero-order valence-corrected chi connectivity index (χ0v) is 9.68. The van der Waals surface area contributed by atoms with Crippen molar-refractivity contribution in [3.05, 3.63) is 35.4 Å². The molecule has 0 bridgehead atoms. The Bertz CT molecular complexity index is 403. The topological polar surface area (TPSA) is 50.9 Å². The molecule has 86 valence electrons. The third-order valence-electron chi connectivity index (χ3n) is 2.90. The first-order valence-electron chi connectivity index (χ1n) is 5.33. The second-order valence-corrected chi connectivity index (χ2v) is 4.00. The minimum Gasteiger partial charge on any atom is -0.380 e. The van der Waals surface area contributed by atoms with Crippen molar-refractivity contribution in [3.63, 3.8) is 0 Å². The van der Waals surface area contributed by atoms with Gasteiger partial charge in [-0.1, -0.05) is 24.3 Å². The van der Waals surface area contributed by atoms with E-state index >= 15 is 0 Å². The van der Waals surface area contributed by atoms with Crippen molar-refractivity contribution in [2.45, 2.75) is 12.6 Å². The van der Waals surface area contributed by atoms with Crippen LogP contribution in [0, 0.1) is 0 Å². The summed E-state index contributed by atoms with van der Waals surface area (Å²) in [7, 11) is 3.68. The van der Waals surface area contributed by atoms with Crippen molar-refractivity contribution >= 4 is 5.96 Å². The molecular formula is C12H17N3O. The van der Waals surface area contributed by atoms with Crippen LogP contribution in [0.25, 0.3) is 0 Å². The van der Waals surface area contributed by atoms with Gasteiger partial charge in [-0.3, -0.25) is 4.99 Å². The Kier molecular flexibility index (Phi) is 3.10. The van der Waals surface area contributed by atoms with Gasteiger partial charge in [0.25, 0.3) is 0 Å². The monoisotopic (exact) mass is 219 g/mol. The normalized spacial score (nSPS) is 20.0. The molecule has 1 aliphatic heterocycles. The number of likely N-dealkylation sites (N-methyl/N-ethyl adjacent to an activating group) is 1. The molecule has 2 N–H and O–H groups in total. The molecule has 0 aromatic heterocycles. The lowest BCUT2D eigenvalue weighted by Crippen LogP contribution is -2.32. The second-order valence-electron chi connectivity index (χ2n) is 4.00. The highest BCUT2D eigenvalue weighted by atomic mass is 16.5. The summed E-state index contributed by atoms with van der Waals surface area (Å²) in [6.45, 7) is 1.37. The van der Waals surface area contributed by atoms with Crippen LogP contribution in [0.15, 0.2) is 29.3 Å². The van der Waals surface area contributed by atoms with E-state index in [1.807, 2.05) is 18.0 Å². The maximum Gasteiger partial charge on any atom is 0.191 e. The van der Waals surface area contributed by atoms with Gasteiger partial charge >= 0.3 is 0 Å². The van der Waals surface area contributed by atoms with Gasteiger partial charge in [0.1, 0.15) is 0 Å². The zero-order valence-electron chi connectivity index (χ0n) is 9.68. The van der Waals surface area contributed by atoms with Crippen molar-refractivity contribution in [1.29, 1.82) is 0 Å². The van der Waals surface area contributed by atoms with Crippen molar-refractivity contribution in [3.8, 4) is 0 Å². The fourth-order valence-electron chi connectivity index (χ4n) is 1.96. The summed E-state index contributed by atoms with van der Waals surface area (Å²) in [5.74, 6) is 0.613. The molecule has 0 saturated carbocycles. The predicted molar refractivity (Wildman–Crippen MR) is 64.1 cm³/mol. The van der Waals surface area contributed by atoms with Crippen LogP contribution in [-0.2, 0) is 11.3 Å². The van der Waals surface area contributed by atoms with Crippen molar-refractivity contribution < 1.29 is 4.74 Å². The Morgan fingerprint density at radius 3 is 3.00 bits per heavy atom. The van der Waals surface area contributed by atoms with E-state index in [2.05, 4.69) is 23.2 Å².